The molecule has 0 saturated heterocycles. The van der Waals surface area contributed by atoms with Gasteiger partial charge in [-0.2, -0.15) is 0 Å². The van der Waals surface area contributed by atoms with Crippen LogP contribution in [0.3, 0.4) is 0 Å². The predicted molar refractivity (Wildman–Crippen MR) is 63.6 cm³/mol. The number of H-pyrrole nitrogens is 1. The molecule has 0 spiro atoms. The molecule has 0 atom stereocenters. The van der Waals surface area contributed by atoms with Gasteiger partial charge in [0, 0.05) is 12.6 Å². The van der Waals surface area contributed by atoms with Crippen molar-refractivity contribution in [3.63, 3.8) is 0 Å². The average Bonchev–Trinajstić information content (AvgIpc) is 2.75. The number of rotatable bonds is 3. The average molecular weight is 200 g/mol. The maximum Gasteiger partial charge on any atom is 0.152 e. The molecule has 76 valence electrons. The van der Waals surface area contributed by atoms with Gasteiger partial charge in [0.05, 0.1) is 12.0 Å². The summed E-state index contributed by atoms with van der Waals surface area (Å²) < 4.78 is 0. The van der Waals surface area contributed by atoms with Crippen molar-refractivity contribution in [2.45, 2.75) is 0 Å². The van der Waals surface area contributed by atoms with Gasteiger partial charge in [0.1, 0.15) is 11.0 Å². The van der Waals surface area contributed by atoms with E-state index in [1.54, 1.807) is 18.5 Å². The Morgan fingerprint density at radius 1 is 1.40 bits per heavy atom. The van der Waals surface area contributed by atoms with Gasteiger partial charge in [0.2, 0.25) is 0 Å². The summed E-state index contributed by atoms with van der Waals surface area (Å²) in [5.41, 5.74) is 3.44. The minimum absolute atomic E-state index is 0.767. The van der Waals surface area contributed by atoms with Crippen LogP contribution in [0, 0.1) is 0 Å². The van der Waals surface area contributed by atoms with Gasteiger partial charge in [0.15, 0.2) is 5.82 Å². The Labute approximate surface area is 87.8 Å². The highest BCUT2D eigenvalue weighted by Crippen LogP contribution is 2.25. The predicted octanol–water partition coefficient (Wildman–Crippen LogP) is 2.29. The lowest BCUT2D eigenvalue weighted by Crippen LogP contribution is -1.98. The number of fused-ring (bicyclic) bond motifs is 1. The van der Waals surface area contributed by atoms with Crippen LogP contribution in [0.1, 0.15) is 11.3 Å². The first-order valence-corrected chi connectivity index (χ1v) is 4.61. The molecule has 2 aromatic rings. The molecular formula is C11H12N4. The zero-order chi connectivity index (χ0) is 10.8. The molecule has 0 aromatic carbocycles. The first-order valence-electron chi connectivity index (χ1n) is 4.61. The molecule has 0 amide bonds. The Morgan fingerprint density at radius 3 is 2.80 bits per heavy atom. The van der Waals surface area contributed by atoms with E-state index in [0.29, 0.717) is 0 Å². The second-order valence-electron chi connectivity index (χ2n) is 3.04. The quantitative estimate of drug-likeness (QED) is 0.799. The fraction of sp³-hybridized carbons (Fsp3) is 0.0909. The molecule has 2 heterocycles. The minimum Gasteiger partial charge on any atom is -0.371 e. The van der Waals surface area contributed by atoms with E-state index in [1.165, 1.54) is 0 Å². The van der Waals surface area contributed by atoms with Crippen LogP contribution < -0.4 is 5.32 Å². The van der Waals surface area contributed by atoms with Crippen molar-refractivity contribution in [3.05, 3.63) is 30.7 Å². The van der Waals surface area contributed by atoms with Crippen molar-refractivity contribution in [2.75, 3.05) is 12.4 Å². The Morgan fingerprint density at radius 2 is 2.20 bits per heavy atom. The molecule has 15 heavy (non-hydrogen) atoms. The fourth-order valence-electron chi connectivity index (χ4n) is 1.57. The Balaban J connectivity index is 2.90. The zero-order valence-electron chi connectivity index (χ0n) is 8.54. The van der Waals surface area contributed by atoms with Gasteiger partial charge in [-0.25, -0.2) is 9.97 Å². The normalized spacial score (nSPS) is 10.2. The molecule has 0 bridgehead atoms. The van der Waals surface area contributed by atoms with Gasteiger partial charge in [-0.15, -0.1) is 0 Å². The van der Waals surface area contributed by atoms with Crippen LogP contribution in [0.25, 0.3) is 23.2 Å². The summed E-state index contributed by atoms with van der Waals surface area (Å²) in [4.78, 5) is 11.7. The molecule has 4 nitrogen and oxygen atoms in total. The maximum absolute atomic E-state index is 4.41. The number of aromatic amines is 1. The molecule has 0 saturated carbocycles. The number of pyridine rings is 1. The summed E-state index contributed by atoms with van der Waals surface area (Å²) in [6.45, 7) is 7.49. The topological polar surface area (TPSA) is 53.6 Å². The van der Waals surface area contributed by atoms with E-state index in [9.17, 15) is 0 Å². The van der Waals surface area contributed by atoms with Crippen LogP contribution >= 0.6 is 0 Å². The number of anilines is 1. The molecule has 2 aromatic heterocycles. The van der Waals surface area contributed by atoms with Gasteiger partial charge >= 0.3 is 0 Å². The largest absolute Gasteiger partial charge is 0.371 e. The summed E-state index contributed by atoms with van der Waals surface area (Å²) in [6, 6.07) is 0. The van der Waals surface area contributed by atoms with Crippen molar-refractivity contribution in [3.8, 4) is 0 Å². The fourth-order valence-corrected chi connectivity index (χ4v) is 1.57. The molecule has 0 aliphatic heterocycles. The van der Waals surface area contributed by atoms with E-state index >= 15 is 0 Å². The third-order valence-electron chi connectivity index (χ3n) is 2.27. The Kier molecular flexibility index (Phi) is 2.25. The summed E-state index contributed by atoms with van der Waals surface area (Å²) in [6.07, 6.45) is 5.09. The van der Waals surface area contributed by atoms with Gasteiger partial charge in [-0.3, -0.25) is 0 Å². The van der Waals surface area contributed by atoms with Crippen LogP contribution in [-0.2, 0) is 0 Å². The second-order valence-corrected chi connectivity index (χ2v) is 3.04. The number of imidazole rings is 1. The summed E-state index contributed by atoms with van der Waals surface area (Å²) in [5.74, 6) is 0.767. The van der Waals surface area contributed by atoms with Crippen molar-refractivity contribution in [2.24, 2.45) is 0 Å². The number of hydrogen-bond acceptors (Lipinski definition) is 3. The van der Waals surface area contributed by atoms with Crippen molar-refractivity contribution in [1.29, 1.82) is 0 Å². The van der Waals surface area contributed by atoms with Crippen LogP contribution in [-0.4, -0.2) is 22.0 Å². The Bertz CT molecular complexity index is 525. The van der Waals surface area contributed by atoms with Gasteiger partial charge in [-0.1, -0.05) is 19.2 Å². The monoisotopic (exact) mass is 200 g/mol. The molecule has 4 heteroatoms. The van der Waals surface area contributed by atoms with Crippen LogP contribution in [0.4, 0.5) is 5.82 Å². The molecule has 2 rings (SSSR count). The molecule has 0 unspecified atom stereocenters. The third-order valence-corrected chi connectivity index (χ3v) is 2.27. The molecule has 0 aliphatic rings. The van der Waals surface area contributed by atoms with Crippen molar-refractivity contribution >= 4 is 29.0 Å². The van der Waals surface area contributed by atoms with Gasteiger partial charge in [0.25, 0.3) is 0 Å². The second kappa shape index (κ2) is 3.57. The van der Waals surface area contributed by atoms with E-state index in [-0.39, 0.29) is 0 Å². The summed E-state index contributed by atoms with van der Waals surface area (Å²) in [5, 5.41) is 3.02. The SMILES string of the molecule is C=Cc1nc(NC)c2[nH]cnc2c1C=C. The van der Waals surface area contributed by atoms with Crippen LogP contribution in [0.2, 0.25) is 0 Å². The van der Waals surface area contributed by atoms with Gasteiger partial charge < -0.3 is 10.3 Å². The first-order chi connectivity index (χ1) is 7.31. The summed E-state index contributed by atoms with van der Waals surface area (Å²) >= 11 is 0. The van der Waals surface area contributed by atoms with E-state index in [1.807, 2.05) is 7.05 Å². The zero-order valence-corrected chi connectivity index (χ0v) is 8.54. The number of nitrogens with zero attached hydrogens (tertiary/aromatic N) is 2. The lowest BCUT2D eigenvalue weighted by atomic mass is 10.1. The standard InChI is InChI=1S/C11H12N4/c1-4-7-8(5-2)15-11(12-3)10-9(7)13-6-14-10/h4-6H,1-2H2,3H3,(H,12,15)(H,13,14). The third kappa shape index (κ3) is 1.30. The van der Waals surface area contributed by atoms with E-state index in [2.05, 4.69) is 33.4 Å². The lowest BCUT2D eigenvalue weighted by Gasteiger charge is -2.06. The maximum atomic E-state index is 4.41. The van der Waals surface area contributed by atoms with Crippen molar-refractivity contribution < 1.29 is 0 Å². The number of nitrogens with one attached hydrogen (secondary N) is 2. The van der Waals surface area contributed by atoms with Crippen LogP contribution in [0.5, 0.6) is 0 Å². The van der Waals surface area contributed by atoms with Crippen molar-refractivity contribution in [1.82, 2.24) is 15.0 Å². The van der Waals surface area contributed by atoms with Gasteiger partial charge in [-0.05, 0) is 6.08 Å². The van der Waals surface area contributed by atoms with E-state index in [0.717, 1.165) is 28.1 Å². The first kappa shape index (κ1) is 9.45. The smallest absolute Gasteiger partial charge is 0.152 e. The molecule has 0 fully saturated rings. The van der Waals surface area contributed by atoms with Crippen LogP contribution in [0.15, 0.2) is 19.5 Å². The number of aromatic nitrogens is 3. The highest BCUT2D eigenvalue weighted by atomic mass is 15.0. The lowest BCUT2D eigenvalue weighted by molar-refractivity contribution is 1.27. The molecule has 0 aliphatic carbocycles. The Hall–Kier alpha value is -2.10. The van der Waals surface area contributed by atoms with E-state index in [4.69, 9.17) is 0 Å². The highest BCUT2D eigenvalue weighted by Gasteiger charge is 2.10. The molecule has 2 N–H and O–H groups in total. The van der Waals surface area contributed by atoms with E-state index < -0.39 is 0 Å². The minimum atomic E-state index is 0.767. The molecule has 0 radical (unpaired) electrons. The highest BCUT2D eigenvalue weighted by molar-refractivity contribution is 5.94. The summed E-state index contributed by atoms with van der Waals surface area (Å²) in [7, 11) is 1.82. The molecular weight excluding hydrogens is 188 g/mol. The number of hydrogen-bond donors (Lipinski definition) is 2.